The summed E-state index contributed by atoms with van der Waals surface area (Å²) < 4.78 is 0. The second kappa shape index (κ2) is 8.47. The lowest BCUT2D eigenvalue weighted by Crippen LogP contribution is -2.26. The van der Waals surface area contributed by atoms with Gasteiger partial charge in [0.05, 0.1) is 11.8 Å². The molecule has 4 heteroatoms. The zero-order valence-corrected chi connectivity index (χ0v) is 14.6. The molecule has 2 aromatic carbocycles. The van der Waals surface area contributed by atoms with E-state index in [0.29, 0.717) is 12.8 Å². The van der Waals surface area contributed by atoms with Crippen LogP contribution >= 0.6 is 0 Å². The van der Waals surface area contributed by atoms with Crippen molar-refractivity contribution in [1.82, 2.24) is 0 Å². The number of aliphatic carboxylic acids is 2. The number of hydrogen-bond acceptors (Lipinski definition) is 2. The molecule has 0 spiro atoms. The average molecular weight is 340 g/mol. The van der Waals surface area contributed by atoms with Crippen molar-refractivity contribution in [3.05, 3.63) is 70.8 Å². The van der Waals surface area contributed by atoms with Gasteiger partial charge in [-0.05, 0) is 44.2 Å². The normalized spacial score (nSPS) is 13.2. The van der Waals surface area contributed by atoms with Crippen LogP contribution < -0.4 is 0 Å². The fraction of sp³-hybridized carbons (Fsp3) is 0.333. The molecule has 2 rings (SSSR count). The number of hydrogen-bond donors (Lipinski definition) is 2. The number of aryl methyl sites for hydroxylation is 2. The quantitative estimate of drug-likeness (QED) is 0.765. The molecular weight excluding hydrogens is 316 g/mol. The molecular formula is C21H24O4. The Morgan fingerprint density at radius 1 is 0.720 bits per heavy atom. The Kier molecular flexibility index (Phi) is 6.34. The second-order valence-electron chi connectivity index (χ2n) is 6.69. The molecule has 132 valence electrons. The van der Waals surface area contributed by atoms with Crippen LogP contribution in [0.1, 0.15) is 28.7 Å². The Labute approximate surface area is 148 Å². The van der Waals surface area contributed by atoms with Gasteiger partial charge in [-0.2, -0.15) is 0 Å². The van der Waals surface area contributed by atoms with Gasteiger partial charge in [0.2, 0.25) is 0 Å². The van der Waals surface area contributed by atoms with Gasteiger partial charge in [-0.1, -0.05) is 59.7 Å². The number of carboxylic acid groups (broad SMARTS) is 2. The lowest BCUT2D eigenvalue weighted by atomic mass is 9.86. The largest absolute Gasteiger partial charge is 0.481 e. The third-order valence-corrected chi connectivity index (χ3v) is 4.47. The van der Waals surface area contributed by atoms with Crippen LogP contribution in [0.3, 0.4) is 0 Å². The molecule has 0 aliphatic rings. The first kappa shape index (κ1) is 18.7. The van der Waals surface area contributed by atoms with E-state index in [4.69, 9.17) is 0 Å². The first-order valence-electron chi connectivity index (χ1n) is 8.42. The van der Waals surface area contributed by atoms with Crippen LogP contribution in [0, 0.1) is 25.7 Å². The fourth-order valence-corrected chi connectivity index (χ4v) is 2.90. The minimum absolute atomic E-state index is 0.117. The molecule has 2 unspecified atom stereocenters. The van der Waals surface area contributed by atoms with Crippen molar-refractivity contribution in [3.8, 4) is 0 Å². The van der Waals surface area contributed by atoms with E-state index in [2.05, 4.69) is 0 Å². The van der Waals surface area contributed by atoms with Crippen molar-refractivity contribution in [2.45, 2.75) is 33.1 Å². The Bertz CT molecular complexity index is 653. The van der Waals surface area contributed by atoms with E-state index in [1.807, 2.05) is 62.4 Å². The topological polar surface area (TPSA) is 74.6 Å². The summed E-state index contributed by atoms with van der Waals surface area (Å²) in [6.45, 7) is 3.95. The Hall–Kier alpha value is -2.62. The maximum absolute atomic E-state index is 11.6. The average Bonchev–Trinajstić information content (AvgIpc) is 2.57. The molecule has 0 aliphatic carbocycles. The van der Waals surface area contributed by atoms with Crippen molar-refractivity contribution in [2.75, 3.05) is 0 Å². The van der Waals surface area contributed by atoms with Gasteiger partial charge in [0.25, 0.3) is 0 Å². The lowest BCUT2D eigenvalue weighted by molar-refractivity contribution is -0.145. The fourth-order valence-electron chi connectivity index (χ4n) is 2.90. The summed E-state index contributed by atoms with van der Waals surface area (Å²) >= 11 is 0. The molecule has 4 nitrogen and oxygen atoms in total. The van der Waals surface area contributed by atoms with Crippen LogP contribution in [0.2, 0.25) is 0 Å². The summed E-state index contributed by atoms with van der Waals surface area (Å²) in [4.78, 5) is 23.3. The molecule has 2 N–H and O–H groups in total. The molecule has 2 aromatic rings. The van der Waals surface area contributed by atoms with E-state index < -0.39 is 23.8 Å². The summed E-state index contributed by atoms with van der Waals surface area (Å²) in [5.74, 6) is -3.32. The molecule has 0 saturated heterocycles. The molecule has 0 amide bonds. The Morgan fingerprint density at radius 2 is 1.04 bits per heavy atom. The maximum Gasteiger partial charge on any atom is 0.306 e. The van der Waals surface area contributed by atoms with Crippen LogP contribution in [-0.4, -0.2) is 22.2 Å². The highest BCUT2D eigenvalue weighted by atomic mass is 16.4. The van der Waals surface area contributed by atoms with E-state index in [1.165, 1.54) is 0 Å². The zero-order chi connectivity index (χ0) is 18.4. The summed E-state index contributed by atoms with van der Waals surface area (Å²) in [7, 11) is 0. The van der Waals surface area contributed by atoms with Crippen LogP contribution in [-0.2, 0) is 22.4 Å². The van der Waals surface area contributed by atoms with Crippen molar-refractivity contribution in [2.24, 2.45) is 11.8 Å². The number of carboxylic acids is 2. The van der Waals surface area contributed by atoms with Crippen LogP contribution in [0.5, 0.6) is 0 Å². The molecule has 25 heavy (non-hydrogen) atoms. The van der Waals surface area contributed by atoms with Crippen LogP contribution in [0.15, 0.2) is 48.5 Å². The summed E-state index contributed by atoms with van der Waals surface area (Å²) in [6.07, 6.45) is 0.799. The van der Waals surface area contributed by atoms with E-state index in [1.54, 1.807) is 0 Å². The highest BCUT2D eigenvalue weighted by Crippen LogP contribution is 2.22. The van der Waals surface area contributed by atoms with Crippen molar-refractivity contribution in [1.29, 1.82) is 0 Å². The van der Waals surface area contributed by atoms with Gasteiger partial charge in [0.15, 0.2) is 0 Å². The maximum atomic E-state index is 11.6. The van der Waals surface area contributed by atoms with E-state index >= 15 is 0 Å². The highest BCUT2D eigenvalue weighted by molar-refractivity contribution is 5.74. The summed E-state index contributed by atoms with van der Waals surface area (Å²) in [6, 6.07) is 15.4. The first-order chi connectivity index (χ1) is 11.8. The van der Waals surface area contributed by atoms with E-state index in [-0.39, 0.29) is 6.42 Å². The standard InChI is InChI=1S/C21H24O4/c1-14-3-7-16(8-4-14)11-18(20(22)23)13-19(21(24)25)12-17-9-5-15(2)6-10-17/h3-10,18-19H,11-13H2,1-2H3,(H,22,23)(H,24,25). The highest BCUT2D eigenvalue weighted by Gasteiger charge is 2.27. The predicted octanol–water partition coefficient (Wildman–Crippen LogP) is 3.88. The molecule has 2 atom stereocenters. The molecule has 0 bridgehead atoms. The molecule has 0 heterocycles. The molecule has 0 fully saturated rings. The van der Waals surface area contributed by atoms with Gasteiger partial charge in [0, 0.05) is 0 Å². The van der Waals surface area contributed by atoms with Gasteiger partial charge < -0.3 is 10.2 Å². The zero-order valence-electron chi connectivity index (χ0n) is 14.6. The van der Waals surface area contributed by atoms with Crippen molar-refractivity contribution >= 4 is 11.9 Å². The number of benzene rings is 2. The Morgan fingerprint density at radius 3 is 1.32 bits per heavy atom. The molecule has 0 aromatic heterocycles. The Balaban J connectivity index is 2.10. The number of carbonyl (C=O) groups is 2. The third-order valence-electron chi connectivity index (χ3n) is 4.47. The smallest absolute Gasteiger partial charge is 0.306 e. The third kappa shape index (κ3) is 5.75. The predicted molar refractivity (Wildman–Crippen MR) is 96.6 cm³/mol. The minimum Gasteiger partial charge on any atom is -0.481 e. The summed E-state index contributed by atoms with van der Waals surface area (Å²) in [5, 5.41) is 19.1. The molecule has 0 radical (unpaired) electrons. The van der Waals surface area contributed by atoms with Crippen molar-refractivity contribution in [3.63, 3.8) is 0 Å². The lowest BCUT2D eigenvalue weighted by Gasteiger charge is -2.18. The summed E-state index contributed by atoms with van der Waals surface area (Å²) in [5.41, 5.74) is 4.05. The molecule has 0 saturated carbocycles. The van der Waals surface area contributed by atoms with Gasteiger partial charge in [0.1, 0.15) is 0 Å². The first-order valence-corrected chi connectivity index (χ1v) is 8.42. The van der Waals surface area contributed by atoms with Gasteiger partial charge in [-0.25, -0.2) is 0 Å². The van der Waals surface area contributed by atoms with Gasteiger partial charge >= 0.3 is 11.9 Å². The van der Waals surface area contributed by atoms with Crippen LogP contribution in [0.4, 0.5) is 0 Å². The van der Waals surface area contributed by atoms with E-state index in [9.17, 15) is 19.8 Å². The molecule has 0 aliphatic heterocycles. The second-order valence-corrected chi connectivity index (χ2v) is 6.69. The van der Waals surface area contributed by atoms with E-state index in [0.717, 1.165) is 22.3 Å². The SMILES string of the molecule is Cc1ccc(CC(CC(Cc2ccc(C)cc2)C(=O)O)C(=O)O)cc1. The number of rotatable bonds is 8. The minimum atomic E-state index is -0.948. The van der Waals surface area contributed by atoms with Gasteiger partial charge in [-0.3, -0.25) is 9.59 Å². The van der Waals surface area contributed by atoms with Crippen molar-refractivity contribution < 1.29 is 19.8 Å². The monoisotopic (exact) mass is 340 g/mol. The van der Waals surface area contributed by atoms with Crippen LogP contribution in [0.25, 0.3) is 0 Å². The van der Waals surface area contributed by atoms with Gasteiger partial charge in [-0.15, -0.1) is 0 Å².